The van der Waals surface area contributed by atoms with E-state index in [1.165, 1.54) is 5.56 Å². The molecule has 1 aliphatic rings. The van der Waals surface area contributed by atoms with Crippen LogP contribution in [-0.4, -0.2) is 23.4 Å². The van der Waals surface area contributed by atoms with Crippen molar-refractivity contribution in [2.24, 2.45) is 5.73 Å². The number of benzene rings is 1. The van der Waals surface area contributed by atoms with Crippen LogP contribution in [0.4, 0.5) is 0 Å². The Morgan fingerprint density at radius 1 is 1.45 bits per heavy atom. The highest BCUT2D eigenvalue weighted by atomic mass is 79.9. The van der Waals surface area contributed by atoms with Gasteiger partial charge < -0.3 is 10.6 Å². The van der Waals surface area contributed by atoms with E-state index in [2.05, 4.69) is 48.0 Å². The van der Waals surface area contributed by atoms with Crippen LogP contribution in [0, 0.1) is 6.92 Å². The zero-order valence-corrected chi connectivity index (χ0v) is 13.8. The van der Waals surface area contributed by atoms with Gasteiger partial charge in [0, 0.05) is 23.5 Å². The summed E-state index contributed by atoms with van der Waals surface area (Å²) in [7, 11) is 0. The number of rotatable bonds is 3. The van der Waals surface area contributed by atoms with E-state index in [9.17, 15) is 4.79 Å². The largest absolute Gasteiger partial charge is 0.334 e. The molecule has 3 nitrogen and oxygen atoms in total. The lowest BCUT2D eigenvalue weighted by Gasteiger charge is -2.34. The first-order valence-corrected chi connectivity index (χ1v) is 8.15. The van der Waals surface area contributed by atoms with Crippen LogP contribution in [0.2, 0.25) is 0 Å². The van der Waals surface area contributed by atoms with Gasteiger partial charge in [0.2, 0.25) is 5.91 Å². The van der Waals surface area contributed by atoms with Gasteiger partial charge in [0.05, 0.1) is 6.04 Å². The van der Waals surface area contributed by atoms with Gasteiger partial charge in [0.15, 0.2) is 0 Å². The molecule has 2 atom stereocenters. The predicted molar refractivity (Wildman–Crippen MR) is 85.5 cm³/mol. The van der Waals surface area contributed by atoms with E-state index in [0.29, 0.717) is 6.42 Å². The molecule has 0 aromatic heterocycles. The summed E-state index contributed by atoms with van der Waals surface area (Å²) in [6, 6.07) is 6.28. The molecule has 2 N–H and O–H groups in total. The summed E-state index contributed by atoms with van der Waals surface area (Å²) in [6.45, 7) is 4.94. The molecule has 1 saturated heterocycles. The smallest absolute Gasteiger partial charge is 0.223 e. The number of hydrogen-bond donors (Lipinski definition) is 1. The maximum Gasteiger partial charge on any atom is 0.223 e. The van der Waals surface area contributed by atoms with Crippen LogP contribution >= 0.6 is 15.9 Å². The SMILES string of the molecule is CCCN1C(=O)CCCC(N)C1c1ccc(C)cc1Br. The molecule has 2 rings (SSSR count). The van der Waals surface area contributed by atoms with Gasteiger partial charge in [-0.3, -0.25) is 4.79 Å². The molecule has 0 radical (unpaired) electrons. The third-order valence-corrected chi connectivity index (χ3v) is 4.62. The van der Waals surface area contributed by atoms with Crippen molar-refractivity contribution in [3.63, 3.8) is 0 Å². The zero-order chi connectivity index (χ0) is 14.7. The fourth-order valence-electron chi connectivity index (χ4n) is 2.95. The topological polar surface area (TPSA) is 46.3 Å². The lowest BCUT2D eigenvalue weighted by atomic mass is 9.95. The van der Waals surface area contributed by atoms with Crippen LogP contribution in [0.5, 0.6) is 0 Å². The summed E-state index contributed by atoms with van der Waals surface area (Å²) >= 11 is 3.64. The van der Waals surface area contributed by atoms with Crippen molar-refractivity contribution in [2.45, 2.75) is 51.6 Å². The van der Waals surface area contributed by atoms with Crippen molar-refractivity contribution in [1.29, 1.82) is 0 Å². The van der Waals surface area contributed by atoms with E-state index < -0.39 is 0 Å². The first kappa shape index (κ1) is 15.5. The highest BCUT2D eigenvalue weighted by Crippen LogP contribution is 2.34. The van der Waals surface area contributed by atoms with E-state index >= 15 is 0 Å². The lowest BCUT2D eigenvalue weighted by Crippen LogP contribution is -2.42. The van der Waals surface area contributed by atoms with Crippen molar-refractivity contribution in [3.05, 3.63) is 33.8 Å². The fraction of sp³-hybridized carbons (Fsp3) is 0.562. The molecule has 20 heavy (non-hydrogen) atoms. The number of likely N-dealkylation sites (tertiary alicyclic amines) is 1. The van der Waals surface area contributed by atoms with Gasteiger partial charge in [0.25, 0.3) is 0 Å². The molecular formula is C16H23BrN2O. The highest BCUT2D eigenvalue weighted by Gasteiger charge is 2.33. The minimum absolute atomic E-state index is 0.00649. The van der Waals surface area contributed by atoms with Gasteiger partial charge in [-0.25, -0.2) is 0 Å². The quantitative estimate of drug-likeness (QED) is 0.915. The number of nitrogens with two attached hydrogens (primary N) is 1. The van der Waals surface area contributed by atoms with Crippen LogP contribution in [0.1, 0.15) is 49.8 Å². The molecule has 1 amide bonds. The average molecular weight is 339 g/mol. The van der Waals surface area contributed by atoms with Crippen LogP contribution in [-0.2, 0) is 4.79 Å². The monoisotopic (exact) mass is 338 g/mol. The van der Waals surface area contributed by atoms with Gasteiger partial charge in [-0.1, -0.05) is 35.0 Å². The second-order valence-electron chi connectivity index (χ2n) is 5.61. The standard InChI is InChI=1S/C16H23BrN2O/c1-3-9-19-15(20)6-4-5-14(18)16(19)12-8-7-11(2)10-13(12)17/h7-8,10,14,16H,3-6,9,18H2,1-2H3. The lowest BCUT2D eigenvalue weighted by molar-refractivity contribution is -0.133. The summed E-state index contributed by atoms with van der Waals surface area (Å²) in [6.07, 6.45) is 3.36. The Kier molecular flexibility index (Phi) is 5.22. The van der Waals surface area contributed by atoms with Gasteiger partial charge in [-0.05, 0) is 43.4 Å². The maximum absolute atomic E-state index is 12.4. The second kappa shape index (κ2) is 6.72. The van der Waals surface area contributed by atoms with E-state index in [1.807, 2.05) is 4.90 Å². The number of carbonyl (C=O) groups is 1. The predicted octanol–water partition coefficient (Wildman–Crippen LogP) is 3.55. The van der Waals surface area contributed by atoms with Crippen molar-refractivity contribution in [1.82, 2.24) is 4.90 Å². The van der Waals surface area contributed by atoms with Gasteiger partial charge in [0.1, 0.15) is 0 Å². The molecule has 1 aliphatic heterocycles. The van der Waals surface area contributed by atoms with Gasteiger partial charge >= 0.3 is 0 Å². The molecule has 1 heterocycles. The van der Waals surface area contributed by atoms with Crippen molar-refractivity contribution >= 4 is 21.8 Å². The third kappa shape index (κ3) is 3.23. The molecule has 4 heteroatoms. The maximum atomic E-state index is 12.4. The number of aryl methyl sites for hydroxylation is 1. The molecule has 0 spiro atoms. The molecule has 1 fully saturated rings. The second-order valence-corrected chi connectivity index (χ2v) is 6.47. The summed E-state index contributed by atoms with van der Waals surface area (Å²) < 4.78 is 1.05. The molecule has 110 valence electrons. The number of amides is 1. The Balaban J connectivity index is 2.42. The average Bonchev–Trinajstić information content (AvgIpc) is 2.52. The van der Waals surface area contributed by atoms with E-state index in [1.54, 1.807) is 0 Å². The van der Waals surface area contributed by atoms with E-state index in [-0.39, 0.29) is 18.0 Å². The van der Waals surface area contributed by atoms with Crippen LogP contribution in [0.3, 0.4) is 0 Å². The molecule has 0 aliphatic carbocycles. The first-order chi connectivity index (χ1) is 9.54. The van der Waals surface area contributed by atoms with Crippen molar-refractivity contribution < 1.29 is 4.79 Å². The Labute approximate surface area is 129 Å². The van der Waals surface area contributed by atoms with E-state index in [4.69, 9.17) is 5.73 Å². The summed E-state index contributed by atoms with van der Waals surface area (Å²) in [5.41, 5.74) is 8.72. The molecule has 1 aromatic carbocycles. The molecular weight excluding hydrogens is 316 g/mol. The van der Waals surface area contributed by atoms with Crippen molar-refractivity contribution in [2.75, 3.05) is 6.54 Å². The third-order valence-electron chi connectivity index (χ3n) is 3.93. The number of halogens is 1. The first-order valence-electron chi connectivity index (χ1n) is 7.35. The van der Waals surface area contributed by atoms with Crippen LogP contribution in [0.25, 0.3) is 0 Å². The van der Waals surface area contributed by atoms with Gasteiger partial charge in [-0.2, -0.15) is 0 Å². The molecule has 1 aromatic rings. The van der Waals surface area contributed by atoms with Crippen LogP contribution in [0.15, 0.2) is 22.7 Å². The number of hydrogen-bond acceptors (Lipinski definition) is 2. The highest BCUT2D eigenvalue weighted by molar-refractivity contribution is 9.10. The zero-order valence-electron chi connectivity index (χ0n) is 12.2. The number of nitrogens with zero attached hydrogens (tertiary/aromatic N) is 1. The van der Waals surface area contributed by atoms with E-state index in [0.717, 1.165) is 35.8 Å². The molecule has 2 unspecified atom stereocenters. The minimum atomic E-state index is -0.0140. The normalized spacial score (nSPS) is 23.8. The van der Waals surface area contributed by atoms with Crippen molar-refractivity contribution in [3.8, 4) is 0 Å². The summed E-state index contributed by atoms with van der Waals surface area (Å²) in [5, 5.41) is 0. The van der Waals surface area contributed by atoms with Gasteiger partial charge in [-0.15, -0.1) is 0 Å². The fourth-order valence-corrected chi connectivity index (χ4v) is 3.68. The molecule has 0 saturated carbocycles. The van der Waals surface area contributed by atoms with Crippen LogP contribution < -0.4 is 5.73 Å². The molecule has 0 bridgehead atoms. The summed E-state index contributed by atoms with van der Waals surface area (Å²) in [5.74, 6) is 0.234. The Morgan fingerprint density at radius 3 is 2.85 bits per heavy atom. The minimum Gasteiger partial charge on any atom is -0.334 e. The Bertz CT molecular complexity index is 489. The Hall–Kier alpha value is -0.870. The Morgan fingerprint density at radius 2 is 2.20 bits per heavy atom. The number of carbonyl (C=O) groups excluding carboxylic acids is 1. The summed E-state index contributed by atoms with van der Waals surface area (Å²) in [4.78, 5) is 14.3.